The number of carboxylic acids is 1. The van der Waals surface area contributed by atoms with E-state index in [4.69, 9.17) is 9.84 Å². The van der Waals surface area contributed by atoms with E-state index in [0.29, 0.717) is 11.8 Å². The Morgan fingerprint density at radius 2 is 2.28 bits per heavy atom. The molecule has 1 fully saturated rings. The van der Waals surface area contributed by atoms with E-state index in [0.717, 1.165) is 18.6 Å². The fourth-order valence-electron chi connectivity index (χ4n) is 2.69. The molecular weight excluding hydrogens is 228 g/mol. The van der Waals surface area contributed by atoms with Crippen LogP contribution in [0.25, 0.3) is 0 Å². The minimum atomic E-state index is -0.650. The van der Waals surface area contributed by atoms with Crippen molar-refractivity contribution in [2.24, 2.45) is 17.8 Å². The zero-order chi connectivity index (χ0) is 13.3. The van der Waals surface area contributed by atoms with Crippen molar-refractivity contribution in [3.8, 4) is 5.75 Å². The summed E-state index contributed by atoms with van der Waals surface area (Å²) < 4.78 is 5.36. The molecule has 1 aliphatic carbocycles. The van der Waals surface area contributed by atoms with E-state index in [1.165, 1.54) is 11.1 Å². The molecule has 0 bridgehead atoms. The Bertz CT molecular complexity index is 453. The fraction of sp³-hybridized carbons (Fsp3) is 0.533. The van der Waals surface area contributed by atoms with Crippen molar-refractivity contribution < 1.29 is 14.6 Å². The quantitative estimate of drug-likeness (QED) is 0.871. The summed E-state index contributed by atoms with van der Waals surface area (Å²) in [6.45, 7) is 4.19. The summed E-state index contributed by atoms with van der Waals surface area (Å²) >= 11 is 0. The van der Waals surface area contributed by atoms with Crippen LogP contribution in [0.5, 0.6) is 5.75 Å². The van der Waals surface area contributed by atoms with Crippen LogP contribution >= 0.6 is 0 Å². The summed E-state index contributed by atoms with van der Waals surface area (Å²) in [7, 11) is 1.68. The summed E-state index contributed by atoms with van der Waals surface area (Å²) in [6.07, 6.45) is 1.71. The van der Waals surface area contributed by atoms with Crippen LogP contribution in [0.4, 0.5) is 0 Å². The van der Waals surface area contributed by atoms with Crippen molar-refractivity contribution in [1.29, 1.82) is 0 Å². The van der Waals surface area contributed by atoms with Gasteiger partial charge in [-0.05, 0) is 43.2 Å². The number of hydrogen-bond acceptors (Lipinski definition) is 2. The summed E-state index contributed by atoms with van der Waals surface area (Å²) in [6, 6.07) is 6.15. The maximum Gasteiger partial charge on any atom is 0.306 e. The number of benzene rings is 1. The molecule has 0 amide bonds. The Hall–Kier alpha value is -1.51. The molecule has 3 nitrogen and oxygen atoms in total. The SMILES string of the molecule is COc1ccc(C)cc1CC(C)C1CC1C(=O)O. The zero-order valence-corrected chi connectivity index (χ0v) is 11.1. The van der Waals surface area contributed by atoms with E-state index >= 15 is 0 Å². The standard InChI is InChI=1S/C15H20O3/c1-9-4-5-14(18-3)11(6-9)7-10(2)12-8-13(12)15(16)17/h4-6,10,12-13H,7-8H2,1-3H3,(H,16,17). The lowest BCUT2D eigenvalue weighted by molar-refractivity contribution is -0.139. The van der Waals surface area contributed by atoms with Gasteiger partial charge in [0.2, 0.25) is 0 Å². The largest absolute Gasteiger partial charge is 0.496 e. The second kappa shape index (κ2) is 5.01. The number of rotatable bonds is 5. The van der Waals surface area contributed by atoms with Crippen LogP contribution in [0.15, 0.2) is 18.2 Å². The molecule has 1 saturated carbocycles. The smallest absolute Gasteiger partial charge is 0.306 e. The van der Waals surface area contributed by atoms with Gasteiger partial charge in [0.1, 0.15) is 5.75 Å². The van der Waals surface area contributed by atoms with Gasteiger partial charge >= 0.3 is 5.97 Å². The lowest BCUT2D eigenvalue weighted by Gasteiger charge is -2.14. The van der Waals surface area contributed by atoms with Gasteiger partial charge in [-0.2, -0.15) is 0 Å². The van der Waals surface area contributed by atoms with Crippen molar-refractivity contribution >= 4 is 5.97 Å². The molecule has 0 heterocycles. The second-order valence-corrected chi connectivity index (χ2v) is 5.34. The fourth-order valence-corrected chi connectivity index (χ4v) is 2.69. The molecule has 1 aromatic carbocycles. The predicted octanol–water partition coefficient (Wildman–Crippen LogP) is 2.90. The van der Waals surface area contributed by atoms with Crippen LogP contribution in [0, 0.1) is 24.7 Å². The molecule has 3 unspecified atom stereocenters. The average molecular weight is 248 g/mol. The van der Waals surface area contributed by atoms with E-state index in [9.17, 15) is 4.79 Å². The highest BCUT2D eigenvalue weighted by Crippen LogP contribution is 2.46. The van der Waals surface area contributed by atoms with Crippen molar-refractivity contribution in [3.63, 3.8) is 0 Å². The first kappa shape index (κ1) is 12.9. The Balaban J connectivity index is 2.05. The van der Waals surface area contributed by atoms with Gasteiger partial charge in [0.05, 0.1) is 13.0 Å². The van der Waals surface area contributed by atoms with E-state index in [2.05, 4.69) is 19.9 Å². The number of aliphatic carboxylic acids is 1. The zero-order valence-electron chi connectivity index (χ0n) is 11.1. The maximum absolute atomic E-state index is 10.9. The Morgan fingerprint density at radius 1 is 1.56 bits per heavy atom. The molecule has 3 heteroatoms. The molecule has 2 rings (SSSR count). The molecule has 18 heavy (non-hydrogen) atoms. The van der Waals surface area contributed by atoms with E-state index in [1.807, 2.05) is 12.1 Å². The Labute approximate surface area is 108 Å². The van der Waals surface area contributed by atoms with Crippen molar-refractivity contribution in [2.45, 2.75) is 26.7 Å². The maximum atomic E-state index is 10.9. The lowest BCUT2D eigenvalue weighted by Crippen LogP contribution is -2.09. The third-order valence-corrected chi connectivity index (χ3v) is 3.87. The second-order valence-electron chi connectivity index (χ2n) is 5.34. The average Bonchev–Trinajstić information content (AvgIpc) is 3.09. The number of carbonyl (C=O) groups is 1. The van der Waals surface area contributed by atoms with Gasteiger partial charge in [0, 0.05) is 0 Å². The van der Waals surface area contributed by atoms with Crippen LogP contribution in [0.2, 0.25) is 0 Å². The predicted molar refractivity (Wildman–Crippen MR) is 69.8 cm³/mol. The molecule has 0 radical (unpaired) electrons. The van der Waals surface area contributed by atoms with Gasteiger partial charge < -0.3 is 9.84 Å². The normalized spacial score (nSPS) is 23.5. The number of ether oxygens (including phenoxy) is 1. The van der Waals surface area contributed by atoms with Gasteiger partial charge in [-0.1, -0.05) is 24.6 Å². The van der Waals surface area contributed by atoms with Crippen molar-refractivity contribution in [3.05, 3.63) is 29.3 Å². The minimum Gasteiger partial charge on any atom is -0.496 e. The van der Waals surface area contributed by atoms with Crippen LogP contribution < -0.4 is 4.74 Å². The molecule has 0 saturated heterocycles. The van der Waals surface area contributed by atoms with Crippen LogP contribution in [-0.2, 0) is 11.2 Å². The highest BCUT2D eigenvalue weighted by molar-refractivity contribution is 5.73. The van der Waals surface area contributed by atoms with Gasteiger partial charge in [-0.15, -0.1) is 0 Å². The summed E-state index contributed by atoms with van der Waals surface area (Å²) in [4.78, 5) is 10.9. The lowest BCUT2D eigenvalue weighted by atomic mass is 9.94. The molecule has 0 spiro atoms. The topological polar surface area (TPSA) is 46.5 Å². The number of carboxylic acid groups (broad SMARTS) is 1. The number of hydrogen-bond donors (Lipinski definition) is 1. The Morgan fingerprint density at radius 3 is 2.83 bits per heavy atom. The molecule has 3 atom stereocenters. The summed E-state index contributed by atoms with van der Waals surface area (Å²) in [5, 5.41) is 8.96. The van der Waals surface area contributed by atoms with Crippen LogP contribution in [0.3, 0.4) is 0 Å². The molecule has 1 aromatic rings. The highest BCUT2D eigenvalue weighted by atomic mass is 16.5. The molecule has 98 valence electrons. The van der Waals surface area contributed by atoms with E-state index < -0.39 is 5.97 Å². The van der Waals surface area contributed by atoms with Gasteiger partial charge in [-0.25, -0.2) is 0 Å². The van der Waals surface area contributed by atoms with Crippen LogP contribution in [-0.4, -0.2) is 18.2 Å². The third-order valence-electron chi connectivity index (χ3n) is 3.87. The van der Waals surface area contributed by atoms with Gasteiger partial charge in [-0.3, -0.25) is 4.79 Å². The molecular formula is C15H20O3. The van der Waals surface area contributed by atoms with Crippen LogP contribution in [0.1, 0.15) is 24.5 Å². The molecule has 1 aliphatic rings. The first-order valence-electron chi connectivity index (χ1n) is 6.39. The van der Waals surface area contributed by atoms with E-state index in [-0.39, 0.29) is 5.92 Å². The summed E-state index contributed by atoms with van der Waals surface area (Å²) in [5.74, 6) is 0.841. The first-order chi connectivity index (χ1) is 8.52. The molecule has 0 aromatic heterocycles. The Kier molecular flexibility index (Phi) is 3.60. The van der Waals surface area contributed by atoms with Crippen molar-refractivity contribution in [2.75, 3.05) is 7.11 Å². The molecule has 1 N–H and O–H groups in total. The van der Waals surface area contributed by atoms with Crippen molar-refractivity contribution in [1.82, 2.24) is 0 Å². The number of aryl methyl sites for hydroxylation is 1. The number of methoxy groups -OCH3 is 1. The molecule has 0 aliphatic heterocycles. The van der Waals surface area contributed by atoms with Gasteiger partial charge in [0.15, 0.2) is 0 Å². The minimum absolute atomic E-state index is 0.129. The summed E-state index contributed by atoms with van der Waals surface area (Å²) in [5.41, 5.74) is 2.39. The van der Waals surface area contributed by atoms with E-state index in [1.54, 1.807) is 7.11 Å². The third kappa shape index (κ3) is 2.66. The first-order valence-corrected chi connectivity index (χ1v) is 6.39. The highest BCUT2D eigenvalue weighted by Gasteiger charge is 2.46. The monoisotopic (exact) mass is 248 g/mol. The van der Waals surface area contributed by atoms with Gasteiger partial charge in [0.25, 0.3) is 0 Å².